The molecule has 304 valence electrons. The third kappa shape index (κ3) is 38.0. The number of unbranched alkanes of at least 4 members (excludes halogenated alkanes) is 20. The lowest BCUT2D eigenvalue weighted by Crippen LogP contribution is -2.29. The minimum Gasteiger partial charge on any atom is -0.462 e. The number of carbonyl (C=O) groups is 2. The average molecular weight is 756 g/mol. The average Bonchev–Trinajstić information content (AvgIpc) is 3.13. The first kappa shape index (κ1) is 50.2. The van der Waals surface area contributed by atoms with Crippen molar-refractivity contribution in [3.05, 3.63) is 36.5 Å². The topological polar surface area (TPSA) is 134 Å². The minimum atomic E-state index is -4.38. The van der Waals surface area contributed by atoms with Crippen LogP contribution < -0.4 is 5.73 Å². The lowest BCUT2D eigenvalue weighted by Gasteiger charge is -2.19. The number of nitrogens with two attached hydrogens (primary N) is 1. The van der Waals surface area contributed by atoms with Gasteiger partial charge in [-0.2, -0.15) is 0 Å². The van der Waals surface area contributed by atoms with E-state index in [9.17, 15) is 19.0 Å². The lowest BCUT2D eigenvalue weighted by molar-refractivity contribution is -0.161. The molecular weight excluding hydrogens is 677 g/mol. The Morgan fingerprint density at radius 2 is 1.00 bits per heavy atom. The van der Waals surface area contributed by atoms with Gasteiger partial charge in [0, 0.05) is 19.4 Å². The summed E-state index contributed by atoms with van der Waals surface area (Å²) in [5.41, 5.74) is 5.34. The molecule has 0 aliphatic rings. The van der Waals surface area contributed by atoms with Crippen LogP contribution in [-0.2, 0) is 32.7 Å². The van der Waals surface area contributed by atoms with Gasteiger partial charge in [0.25, 0.3) is 0 Å². The zero-order valence-electron chi connectivity index (χ0n) is 33.3. The highest BCUT2D eigenvalue weighted by Gasteiger charge is 2.26. The molecule has 0 aromatic rings. The summed E-state index contributed by atoms with van der Waals surface area (Å²) in [5.74, 6) is -0.850. The van der Waals surface area contributed by atoms with Crippen molar-refractivity contribution >= 4 is 19.8 Å². The van der Waals surface area contributed by atoms with Gasteiger partial charge in [0.1, 0.15) is 6.61 Å². The van der Waals surface area contributed by atoms with Crippen LogP contribution in [-0.4, -0.2) is 49.3 Å². The van der Waals surface area contributed by atoms with Crippen molar-refractivity contribution in [3.8, 4) is 0 Å². The van der Waals surface area contributed by atoms with E-state index in [2.05, 4.69) is 50.3 Å². The zero-order chi connectivity index (χ0) is 38.2. The van der Waals surface area contributed by atoms with Crippen molar-refractivity contribution < 1.29 is 37.6 Å². The largest absolute Gasteiger partial charge is 0.472 e. The number of ether oxygens (including phenoxy) is 2. The molecule has 0 aromatic carbocycles. The van der Waals surface area contributed by atoms with Gasteiger partial charge in [-0.3, -0.25) is 18.6 Å². The van der Waals surface area contributed by atoms with Crippen LogP contribution in [0.2, 0.25) is 0 Å². The first-order valence-corrected chi connectivity index (χ1v) is 22.5. The van der Waals surface area contributed by atoms with Crippen LogP contribution in [0.5, 0.6) is 0 Å². The van der Waals surface area contributed by atoms with Crippen molar-refractivity contribution in [2.45, 2.75) is 193 Å². The standard InChI is InChI=1S/C42H78NO8P/c1-3-5-7-9-11-13-15-17-19-20-21-23-24-26-28-30-32-34-41(44)48-38-40(39-50-52(46,47)49-37-36-43)51-42(45)35-33-31-29-27-25-22-18-16-14-12-10-8-6-4-2/h11,13,17,19,21,23,40H,3-10,12,14-16,18,20,22,24-39,43H2,1-2H3,(H,46,47)/b13-11-,19-17-,23-21-/t40-/m1/s1. The molecule has 0 amide bonds. The SMILES string of the molecule is CCCCC/C=C\C/C=C\C/C=C\CCCCCCC(=O)OC[C@H](COP(=O)(O)OCCN)OC(=O)CCCCCCCCCCCCCCCC. The van der Waals surface area contributed by atoms with Crippen LogP contribution in [0.15, 0.2) is 36.5 Å². The minimum absolute atomic E-state index is 0.0506. The highest BCUT2D eigenvalue weighted by molar-refractivity contribution is 7.47. The lowest BCUT2D eigenvalue weighted by atomic mass is 10.0. The van der Waals surface area contributed by atoms with E-state index in [-0.39, 0.29) is 32.6 Å². The molecule has 0 aromatic heterocycles. The molecule has 0 fully saturated rings. The second-order valence-corrected chi connectivity index (χ2v) is 15.3. The van der Waals surface area contributed by atoms with Gasteiger partial charge in [-0.15, -0.1) is 0 Å². The van der Waals surface area contributed by atoms with E-state index in [0.717, 1.165) is 51.4 Å². The maximum atomic E-state index is 12.6. The van der Waals surface area contributed by atoms with Gasteiger partial charge in [-0.05, 0) is 51.4 Å². The van der Waals surface area contributed by atoms with Crippen molar-refractivity contribution in [2.24, 2.45) is 5.73 Å². The van der Waals surface area contributed by atoms with Crippen LogP contribution in [0.3, 0.4) is 0 Å². The number of phosphoric ester groups is 1. The Labute approximate surface area is 318 Å². The van der Waals surface area contributed by atoms with E-state index in [4.69, 9.17) is 24.3 Å². The molecular formula is C42H78NO8P. The molecule has 0 spiro atoms. The van der Waals surface area contributed by atoms with Crippen LogP contribution in [0, 0.1) is 0 Å². The van der Waals surface area contributed by atoms with E-state index < -0.39 is 32.5 Å². The molecule has 0 rings (SSSR count). The van der Waals surface area contributed by atoms with Crippen molar-refractivity contribution in [1.29, 1.82) is 0 Å². The van der Waals surface area contributed by atoms with Crippen molar-refractivity contribution in [2.75, 3.05) is 26.4 Å². The number of allylic oxidation sites excluding steroid dienone is 6. The summed E-state index contributed by atoms with van der Waals surface area (Å²) in [4.78, 5) is 34.8. The number of rotatable bonds is 39. The van der Waals surface area contributed by atoms with Crippen LogP contribution >= 0.6 is 7.82 Å². The fourth-order valence-electron chi connectivity index (χ4n) is 5.64. The molecule has 0 bridgehead atoms. The van der Waals surface area contributed by atoms with Crippen molar-refractivity contribution in [1.82, 2.24) is 0 Å². The molecule has 9 nitrogen and oxygen atoms in total. The molecule has 3 N–H and O–H groups in total. The molecule has 2 atom stereocenters. The first-order valence-electron chi connectivity index (χ1n) is 21.0. The summed E-state index contributed by atoms with van der Waals surface area (Å²) in [7, 11) is -4.38. The Hall–Kier alpha value is -1.77. The van der Waals surface area contributed by atoms with E-state index in [1.165, 1.54) is 96.3 Å². The number of carbonyl (C=O) groups excluding carboxylic acids is 2. The molecule has 52 heavy (non-hydrogen) atoms. The Bertz CT molecular complexity index is 954. The molecule has 0 saturated carbocycles. The van der Waals surface area contributed by atoms with Crippen LogP contribution in [0.4, 0.5) is 0 Å². The van der Waals surface area contributed by atoms with E-state index in [1.807, 2.05) is 0 Å². The third-order valence-electron chi connectivity index (χ3n) is 8.78. The summed E-state index contributed by atoms with van der Waals surface area (Å²) in [6, 6.07) is 0. The molecule has 0 aliphatic heterocycles. The second kappa shape index (κ2) is 38.9. The number of esters is 2. The smallest absolute Gasteiger partial charge is 0.462 e. The summed E-state index contributed by atoms with van der Waals surface area (Å²) >= 11 is 0. The molecule has 10 heteroatoms. The molecule has 0 aliphatic carbocycles. The molecule has 0 radical (unpaired) electrons. The third-order valence-corrected chi connectivity index (χ3v) is 9.76. The first-order chi connectivity index (χ1) is 25.3. The van der Waals surface area contributed by atoms with Gasteiger partial charge in [-0.1, -0.05) is 159 Å². The van der Waals surface area contributed by atoms with Gasteiger partial charge in [0.05, 0.1) is 13.2 Å². The maximum absolute atomic E-state index is 12.6. The maximum Gasteiger partial charge on any atom is 0.472 e. The van der Waals surface area contributed by atoms with Crippen LogP contribution in [0.25, 0.3) is 0 Å². The van der Waals surface area contributed by atoms with E-state index in [1.54, 1.807) is 0 Å². The monoisotopic (exact) mass is 756 g/mol. The fraction of sp³-hybridized carbons (Fsp3) is 0.810. The number of phosphoric acid groups is 1. The normalized spacial score (nSPS) is 13.7. The van der Waals surface area contributed by atoms with Gasteiger partial charge in [0.2, 0.25) is 0 Å². The summed E-state index contributed by atoms with van der Waals surface area (Å²) in [6.45, 7) is 3.68. The second-order valence-electron chi connectivity index (χ2n) is 13.9. The zero-order valence-corrected chi connectivity index (χ0v) is 34.2. The predicted octanol–water partition coefficient (Wildman–Crippen LogP) is 11.8. The highest BCUT2D eigenvalue weighted by atomic mass is 31.2. The Morgan fingerprint density at radius 3 is 1.52 bits per heavy atom. The van der Waals surface area contributed by atoms with Gasteiger partial charge >= 0.3 is 19.8 Å². The highest BCUT2D eigenvalue weighted by Crippen LogP contribution is 2.43. The van der Waals surface area contributed by atoms with Gasteiger partial charge < -0.3 is 20.1 Å². The quantitative estimate of drug-likeness (QED) is 0.0272. The summed E-state index contributed by atoms with van der Waals surface area (Å²) in [5, 5.41) is 0. The Balaban J connectivity index is 4.21. The van der Waals surface area contributed by atoms with Crippen LogP contribution in [0.1, 0.15) is 187 Å². The molecule has 0 heterocycles. The Kier molecular flexibility index (Phi) is 37.6. The van der Waals surface area contributed by atoms with Crippen molar-refractivity contribution in [3.63, 3.8) is 0 Å². The molecule has 1 unspecified atom stereocenters. The molecule has 0 saturated heterocycles. The summed E-state index contributed by atoms with van der Waals surface area (Å²) in [6.07, 6.45) is 41.7. The Morgan fingerprint density at radius 1 is 0.577 bits per heavy atom. The van der Waals surface area contributed by atoms with E-state index >= 15 is 0 Å². The number of hydrogen-bond acceptors (Lipinski definition) is 8. The summed E-state index contributed by atoms with van der Waals surface area (Å²) < 4.78 is 32.7. The van der Waals surface area contributed by atoms with Gasteiger partial charge in [0.15, 0.2) is 6.10 Å². The predicted molar refractivity (Wildman–Crippen MR) is 215 cm³/mol. The van der Waals surface area contributed by atoms with Gasteiger partial charge in [-0.25, -0.2) is 4.57 Å². The fourth-order valence-corrected chi connectivity index (χ4v) is 6.41. The van der Waals surface area contributed by atoms with E-state index in [0.29, 0.717) is 12.8 Å². The number of hydrogen-bond donors (Lipinski definition) is 2.